The lowest BCUT2D eigenvalue weighted by Gasteiger charge is -2.22. The summed E-state index contributed by atoms with van der Waals surface area (Å²) in [6, 6.07) is 9.76. The van der Waals surface area contributed by atoms with Gasteiger partial charge in [0.15, 0.2) is 0 Å². The lowest BCUT2D eigenvalue weighted by atomic mass is 9.93. The fourth-order valence-corrected chi connectivity index (χ4v) is 3.54. The molecule has 0 radical (unpaired) electrons. The van der Waals surface area contributed by atoms with Gasteiger partial charge in [-0.1, -0.05) is 30.3 Å². The van der Waals surface area contributed by atoms with Gasteiger partial charge in [-0.3, -0.25) is 9.63 Å². The van der Waals surface area contributed by atoms with Crippen LogP contribution >= 0.6 is 0 Å². The van der Waals surface area contributed by atoms with Gasteiger partial charge in [0.1, 0.15) is 12.1 Å². The molecule has 3 fully saturated rings. The topological polar surface area (TPSA) is 48.0 Å². The molecule has 5 heteroatoms. The first-order valence-corrected chi connectivity index (χ1v) is 7.58. The van der Waals surface area contributed by atoms with Crippen molar-refractivity contribution >= 4 is 5.97 Å². The van der Waals surface area contributed by atoms with Crippen molar-refractivity contribution in [3.63, 3.8) is 0 Å². The summed E-state index contributed by atoms with van der Waals surface area (Å²) < 4.78 is 11.0. The molecule has 1 aromatic rings. The van der Waals surface area contributed by atoms with Crippen LogP contribution in [0.5, 0.6) is 0 Å². The molecule has 3 saturated heterocycles. The Morgan fingerprint density at radius 2 is 2.10 bits per heavy atom. The second-order valence-corrected chi connectivity index (χ2v) is 5.92. The Bertz CT molecular complexity index is 514. The predicted molar refractivity (Wildman–Crippen MR) is 74.1 cm³/mol. The Morgan fingerprint density at radius 1 is 1.24 bits per heavy atom. The van der Waals surface area contributed by atoms with Crippen LogP contribution < -0.4 is 0 Å². The van der Waals surface area contributed by atoms with Gasteiger partial charge in [-0.25, -0.2) is 0 Å². The van der Waals surface area contributed by atoms with E-state index in [1.165, 1.54) is 0 Å². The average Bonchev–Trinajstić information content (AvgIpc) is 3.20. The molecule has 0 saturated carbocycles. The molecule has 1 aromatic carbocycles. The van der Waals surface area contributed by atoms with Crippen LogP contribution in [-0.4, -0.2) is 42.5 Å². The Labute approximate surface area is 123 Å². The first-order chi connectivity index (χ1) is 10.3. The number of hydroxylamine groups is 2. The number of ether oxygens (including phenoxy) is 2. The van der Waals surface area contributed by atoms with Crippen molar-refractivity contribution in [3.05, 3.63) is 35.9 Å². The maximum atomic E-state index is 12.0. The van der Waals surface area contributed by atoms with Crippen molar-refractivity contribution in [2.45, 2.75) is 37.6 Å². The van der Waals surface area contributed by atoms with Gasteiger partial charge in [-0.2, -0.15) is 5.06 Å². The van der Waals surface area contributed by atoms with Crippen LogP contribution in [0.4, 0.5) is 0 Å². The Hall–Kier alpha value is -1.43. The molecule has 0 unspecified atom stereocenters. The third kappa shape index (κ3) is 2.35. The first kappa shape index (κ1) is 13.2. The van der Waals surface area contributed by atoms with Crippen LogP contribution in [0, 0.1) is 5.92 Å². The molecule has 4 atom stereocenters. The van der Waals surface area contributed by atoms with Gasteiger partial charge in [-0.05, 0) is 18.4 Å². The summed E-state index contributed by atoms with van der Waals surface area (Å²) in [6.45, 7) is 1.83. The number of hydrogen-bond donors (Lipinski definition) is 0. The van der Waals surface area contributed by atoms with Crippen LogP contribution in [0.2, 0.25) is 0 Å². The van der Waals surface area contributed by atoms with Crippen LogP contribution in [0.3, 0.4) is 0 Å². The number of nitrogens with zero attached hydrogens (tertiary/aromatic N) is 1. The van der Waals surface area contributed by atoms with Crippen molar-refractivity contribution in [2.24, 2.45) is 5.92 Å². The molecule has 0 bridgehead atoms. The first-order valence-electron chi connectivity index (χ1n) is 7.58. The van der Waals surface area contributed by atoms with E-state index in [1.807, 2.05) is 30.3 Å². The fraction of sp³-hybridized carbons (Fsp3) is 0.562. The van der Waals surface area contributed by atoms with Crippen molar-refractivity contribution in [2.75, 3.05) is 13.2 Å². The molecule has 3 heterocycles. The van der Waals surface area contributed by atoms with Crippen molar-refractivity contribution in [1.29, 1.82) is 0 Å². The fourth-order valence-electron chi connectivity index (χ4n) is 3.54. The SMILES string of the molecule is O=C1OC[C@H]2[C@@H]([C@H]3CCCO3)ON(Cc3ccccc3)[C@H]12. The van der Waals surface area contributed by atoms with Crippen LogP contribution in [0.1, 0.15) is 18.4 Å². The lowest BCUT2D eigenvalue weighted by molar-refractivity contribution is -0.204. The zero-order chi connectivity index (χ0) is 14.2. The number of esters is 1. The average molecular weight is 289 g/mol. The molecule has 21 heavy (non-hydrogen) atoms. The molecular weight excluding hydrogens is 270 g/mol. The molecule has 3 aliphatic rings. The quantitative estimate of drug-likeness (QED) is 0.790. The summed E-state index contributed by atoms with van der Waals surface area (Å²) in [7, 11) is 0. The summed E-state index contributed by atoms with van der Waals surface area (Å²) in [6.07, 6.45) is 2.09. The number of carbonyl (C=O) groups excluding carboxylic acids is 1. The van der Waals surface area contributed by atoms with Gasteiger partial charge in [0.25, 0.3) is 0 Å². The van der Waals surface area contributed by atoms with E-state index in [-0.39, 0.29) is 30.1 Å². The summed E-state index contributed by atoms with van der Waals surface area (Å²) in [4.78, 5) is 18.1. The van der Waals surface area contributed by atoms with E-state index in [9.17, 15) is 4.79 Å². The smallest absolute Gasteiger partial charge is 0.326 e. The summed E-state index contributed by atoms with van der Waals surface area (Å²) >= 11 is 0. The van der Waals surface area contributed by atoms with E-state index in [0.717, 1.165) is 25.0 Å². The monoisotopic (exact) mass is 289 g/mol. The molecule has 112 valence electrons. The number of carbonyl (C=O) groups is 1. The zero-order valence-electron chi connectivity index (χ0n) is 11.8. The van der Waals surface area contributed by atoms with Gasteiger partial charge in [0, 0.05) is 6.61 Å². The van der Waals surface area contributed by atoms with Crippen molar-refractivity contribution in [1.82, 2.24) is 5.06 Å². The summed E-state index contributed by atoms with van der Waals surface area (Å²) in [5.41, 5.74) is 1.13. The standard InChI is InChI=1S/C16H19NO4/c18-16-14-12(10-20-16)15(13-7-4-8-19-13)21-17(14)9-11-5-2-1-3-6-11/h1-3,5-6,12-15H,4,7-10H2/t12-,13-,14+,15+/m1/s1. The molecule has 0 aromatic heterocycles. The molecular formula is C16H19NO4. The molecule has 0 spiro atoms. The minimum atomic E-state index is -0.292. The van der Waals surface area contributed by atoms with Gasteiger partial charge < -0.3 is 9.47 Å². The van der Waals surface area contributed by atoms with E-state index < -0.39 is 0 Å². The number of cyclic esters (lactones) is 1. The predicted octanol–water partition coefficient (Wildman–Crippen LogP) is 1.52. The van der Waals surface area contributed by atoms with E-state index in [4.69, 9.17) is 14.3 Å². The zero-order valence-corrected chi connectivity index (χ0v) is 11.8. The Balaban J connectivity index is 1.54. The number of fused-ring (bicyclic) bond motifs is 1. The number of rotatable bonds is 3. The van der Waals surface area contributed by atoms with E-state index in [1.54, 1.807) is 5.06 Å². The minimum Gasteiger partial charge on any atom is -0.464 e. The lowest BCUT2D eigenvalue weighted by Crippen LogP contribution is -2.35. The Kier molecular flexibility index (Phi) is 3.41. The maximum Gasteiger partial charge on any atom is 0.326 e. The second-order valence-electron chi connectivity index (χ2n) is 5.92. The van der Waals surface area contributed by atoms with Crippen molar-refractivity contribution in [3.8, 4) is 0 Å². The normalized spacial score (nSPS) is 35.9. The molecule has 3 aliphatic heterocycles. The van der Waals surface area contributed by atoms with E-state index in [2.05, 4.69) is 0 Å². The molecule has 0 aliphatic carbocycles. The van der Waals surface area contributed by atoms with Crippen LogP contribution in [-0.2, 0) is 25.7 Å². The third-order valence-corrected chi connectivity index (χ3v) is 4.57. The van der Waals surface area contributed by atoms with Gasteiger partial charge in [-0.15, -0.1) is 0 Å². The summed E-state index contributed by atoms with van der Waals surface area (Å²) in [5, 5.41) is 1.79. The molecule has 4 rings (SSSR count). The highest BCUT2D eigenvalue weighted by molar-refractivity contribution is 5.78. The third-order valence-electron chi connectivity index (χ3n) is 4.57. The highest BCUT2D eigenvalue weighted by Gasteiger charge is 2.55. The highest BCUT2D eigenvalue weighted by Crippen LogP contribution is 2.38. The Morgan fingerprint density at radius 3 is 2.86 bits per heavy atom. The van der Waals surface area contributed by atoms with E-state index in [0.29, 0.717) is 13.2 Å². The molecule has 0 N–H and O–H groups in total. The van der Waals surface area contributed by atoms with Gasteiger partial charge in [0.05, 0.1) is 25.2 Å². The molecule has 5 nitrogen and oxygen atoms in total. The minimum absolute atomic E-state index is 0.0623. The van der Waals surface area contributed by atoms with Crippen LogP contribution in [0.25, 0.3) is 0 Å². The van der Waals surface area contributed by atoms with Gasteiger partial charge >= 0.3 is 5.97 Å². The van der Waals surface area contributed by atoms with Crippen LogP contribution in [0.15, 0.2) is 30.3 Å². The maximum absolute atomic E-state index is 12.0. The molecule has 0 amide bonds. The van der Waals surface area contributed by atoms with E-state index >= 15 is 0 Å². The largest absolute Gasteiger partial charge is 0.464 e. The highest BCUT2D eigenvalue weighted by atomic mass is 16.7. The number of hydrogen-bond acceptors (Lipinski definition) is 5. The second kappa shape index (κ2) is 5.40. The van der Waals surface area contributed by atoms with Gasteiger partial charge in [0.2, 0.25) is 0 Å². The summed E-state index contributed by atoms with van der Waals surface area (Å²) in [5.74, 6) is -0.0826. The van der Waals surface area contributed by atoms with Crippen molar-refractivity contribution < 1.29 is 19.1 Å². The number of benzene rings is 1.